The fraction of sp³-hybridized carbons (Fsp3) is 0.667. The summed E-state index contributed by atoms with van der Waals surface area (Å²) in [5.74, 6) is 4.34. The fourth-order valence-corrected chi connectivity index (χ4v) is 5.35. The van der Waals surface area contributed by atoms with E-state index in [-0.39, 0.29) is 0 Å². The molecule has 0 atom stereocenters. The molecule has 1 aromatic rings. The third-order valence-electron chi connectivity index (χ3n) is 6.08. The second-order valence-corrected chi connectivity index (χ2v) is 7.42. The van der Waals surface area contributed by atoms with Gasteiger partial charge in [-0.1, -0.05) is 18.2 Å². The molecule has 0 heterocycles. The molecule has 0 radical (unpaired) electrons. The molecule has 0 spiro atoms. The van der Waals surface area contributed by atoms with Crippen LogP contribution in [0.4, 0.5) is 0 Å². The smallest absolute Gasteiger partial charge is 0.122 e. The van der Waals surface area contributed by atoms with Crippen LogP contribution in [0.1, 0.15) is 43.2 Å². The predicted octanol–water partition coefficient (Wildman–Crippen LogP) is 3.61. The molecular formula is C18H25NO. The number of aryl methyl sites for hydroxylation is 1. The minimum absolute atomic E-state index is 0.476. The Hall–Kier alpha value is -1.02. The van der Waals surface area contributed by atoms with Gasteiger partial charge in [0, 0.05) is 18.2 Å². The first-order valence-corrected chi connectivity index (χ1v) is 8.21. The van der Waals surface area contributed by atoms with Gasteiger partial charge in [-0.3, -0.25) is 0 Å². The summed E-state index contributed by atoms with van der Waals surface area (Å²) in [4.78, 5) is 0. The SMILES string of the molecule is Cc1cccc(CNC2C3CC4CC(C3)CC2C4)c1O. The maximum absolute atomic E-state index is 10.1. The molecule has 0 amide bonds. The van der Waals surface area contributed by atoms with E-state index in [4.69, 9.17) is 0 Å². The topological polar surface area (TPSA) is 32.3 Å². The Morgan fingerprint density at radius 3 is 2.35 bits per heavy atom. The van der Waals surface area contributed by atoms with E-state index in [9.17, 15) is 5.11 Å². The summed E-state index contributed by atoms with van der Waals surface area (Å²) in [5.41, 5.74) is 2.04. The van der Waals surface area contributed by atoms with Gasteiger partial charge in [0.25, 0.3) is 0 Å². The van der Waals surface area contributed by atoms with E-state index in [0.29, 0.717) is 11.8 Å². The molecule has 4 saturated carbocycles. The average molecular weight is 271 g/mol. The Bertz CT molecular complexity index is 482. The number of rotatable bonds is 3. The Balaban J connectivity index is 1.46. The molecule has 4 fully saturated rings. The van der Waals surface area contributed by atoms with Crippen LogP contribution in [0.25, 0.3) is 0 Å². The van der Waals surface area contributed by atoms with Crippen molar-refractivity contribution in [2.45, 2.75) is 51.6 Å². The van der Waals surface area contributed by atoms with Crippen LogP contribution >= 0.6 is 0 Å². The first-order chi connectivity index (χ1) is 9.70. The van der Waals surface area contributed by atoms with Crippen molar-refractivity contribution < 1.29 is 5.11 Å². The average Bonchev–Trinajstić information content (AvgIpc) is 2.41. The van der Waals surface area contributed by atoms with Crippen molar-refractivity contribution >= 4 is 0 Å². The van der Waals surface area contributed by atoms with Gasteiger partial charge in [-0.2, -0.15) is 0 Å². The third-order valence-corrected chi connectivity index (χ3v) is 6.08. The molecule has 2 heteroatoms. The lowest BCUT2D eigenvalue weighted by Crippen LogP contribution is -2.54. The van der Waals surface area contributed by atoms with Gasteiger partial charge in [-0.25, -0.2) is 0 Å². The minimum atomic E-state index is 0.476. The van der Waals surface area contributed by atoms with Crippen molar-refractivity contribution in [2.75, 3.05) is 0 Å². The molecule has 4 aliphatic carbocycles. The standard InChI is InChI=1S/C18H25NO/c1-11-3-2-4-14(18(11)20)10-19-17-15-6-12-5-13(8-15)9-16(17)7-12/h2-4,12-13,15-17,19-20H,5-10H2,1H3. The Morgan fingerprint density at radius 1 is 1.05 bits per heavy atom. The maximum atomic E-state index is 10.1. The number of phenols is 1. The first-order valence-electron chi connectivity index (χ1n) is 8.21. The second kappa shape index (κ2) is 4.77. The highest BCUT2D eigenvalue weighted by atomic mass is 16.3. The molecule has 4 bridgehead atoms. The molecular weight excluding hydrogens is 246 g/mol. The highest BCUT2D eigenvalue weighted by Crippen LogP contribution is 2.53. The van der Waals surface area contributed by atoms with Gasteiger partial charge in [0.05, 0.1) is 0 Å². The summed E-state index contributed by atoms with van der Waals surface area (Å²) in [7, 11) is 0. The number of phenolic OH excluding ortho intramolecular Hbond substituents is 1. The lowest BCUT2D eigenvalue weighted by molar-refractivity contribution is -0.0143. The summed E-state index contributed by atoms with van der Waals surface area (Å²) in [6.07, 6.45) is 7.31. The zero-order valence-corrected chi connectivity index (χ0v) is 12.3. The highest BCUT2D eigenvalue weighted by molar-refractivity contribution is 5.39. The van der Waals surface area contributed by atoms with E-state index >= 15 is 0 Å². The second-order valence-electron chi connectivity index (χ2n) is 7.42. The van der Waals surface area contributed by atoms with Crippen molar-refractivity contribution in [2.24, 2.45) is 23.7 Å². The maximum Gasteiger partial charge on any atom is 0.122 e. The Kier molecular flexibility index (Phi) is 3.03. The molecule has 20 heavy (non-hydrogen) atoms. The summed E-state index contributed by atoms with van der Waals surface area (Å²) in [5, 5.41) is 13.9. The molecule has 0 aromatic heterocycles. The lowest BCUT2D eigenvalue weighted by atomic mass is 9.54. The van der Waals surface area contributed by atoms with Gasteiger partial charge >= 0.3 is 0 Å². The van der Waals surface area contributed by atoms with Gasteiger partial charge in [-0.05, 0) is 68.3 Å². The van der Waals surface area contributed by atoms with Gasteiger partial charge < -0.3 is 10.4 Å². The van der Waals surface area contributed by atoms with Gasteiger partial charge in [0.2, 0.25) is 0 Å². The monoisotopic (exact) mass is 271 g/mol. The number of hydrogen-bond acceptors (Lipinski definition) is 2. The van der Waals surface area contributed by atoms with Gasteiger partial charge in [0.1, 0.15) is 5.75 Å². The molecule has 108 valence electrons. The number of aromatic hydroxyl groups is 1. The van der Waals surface area contributed by atoms with E-state index in [0.717, 1.165) is 41.3 Å². The minimum Gasteiger partial charge on any atom is -0.507 e. The first kappa shape index (κ1) is 12.7. The van der Waals surface area contributed by atoms with Crippen LogP contribution in [0.5, 0.6) is 5.75 Å². The summed E-state index contributed by atoms with van der Waals surface area (Å²) >= 11 is 0. The number of benzene rings is 1. The summed E-state index contributed by atoms with van der Waals surface area (Å²) in [6.45, 7) is 2.79. The Morgan fingerprint density at radius 2 is 1.70 bits per heavy atom. The Labute approximate surface area is 121 Å². The normalized spacial score (nSPS) is 38.4. The van der Waals surface area contributed by atoms with E-state index in [1.54, 1.807) is 0 Å². The van der Waals surface area contributed by atoms with E-state index < -0.39 is 0 Å². The molecule has 0 saturated heterocycles. The summed E-state index contributed by atoms with van der Waals surface area (Å²) < 4.78 is 0. The number of hydrogen-bond donors (Lipinski definition) is 2. The van der Waals surface area contributed by atoms with E-state index in [2.05, 4.69) is 5.32 Å². The van der Waals surface area contributed by atoms with Crippen molar-refractivity contribution in [3.63, 3.8) is 0 Å². The third kappa shape index (κ3) is 2.05. The van der Waals surface area contributed by atoms with Crippen LogP contribution in [0.3, 0.4) is 0 Å². The van der Waals surface area contributed by atoms with Gasteiger partial charge in [-0.15, -0.1) is 0 Å². The molecule has 0 unspecified atom stereocenters. The molecule has 1 aromatic carbocycles. The fourth-order valence-electron chi connectivity index (χ4n) is 5.35. The lowest BCUT2D eigenvalue weighted by Gasteiger charge is -2.54. The largest absolute Gasteiger partial charge is 0.507 e. The molecule has 2 N–H and O–H groups in total. The summed E-state index contributed by atoms with van der Waals surface area (Å²) in [6, 6.07) is 6.76. The van der Waals surface area contributed by atoms with Crippen LogP contribution in [0.2, 0.25) is 0 Å². The molecule has 2 nitrogen and oxygen atoms in total. The van der Waals surface area contributed by atoms with Gasteiger partial charge in [0.15, 0.2) is 0 Å². The van der Waals surface area contributed by atoms with Crippen molar-refractivity contribution in [3.05, 3.63) is 29.3 Å². The number of nitrogens with one attached hydrogen (secondary N) is 1. The van der Waals surface area contributed by atoms with Crippen LogP contribution in [0, 0.1) is 30.6 Å². The van der Waals surface area contributed by atoms with Crippen molar-refractivity contribution in [1.82, 2.24) is 5.32 Å². The zero-order chi connectivity index (χ0) is 13.7. The van der Waals surface area contributed by atoms with Crippen LogP contribution in [0.15, 0.2) is 18.2 Å². The van der Waals surface area contributed by atoms with E-state index in [1.807, 2.05) is 25.1 Å². The van der Waals surface area contributed by atoms with Crippen molar-refractivity contribution in [3.8, 4) is 5.75 Å². The van der Waals surface area contributed by atoms with E-state index in [1.165, 1.54) is 32.1 Å². The van der Waals surface area contributed by atoms with Crippen LogP contribution < -0.4 is 5.32 Å². The predicted molar refractivity (Wildman–Crippen MR) is 80.5 cm³/mol. The van der Waals surface area contributed by atoms with Crippen LogP contribution in [-0.2, 0) is 6.54 Å². The molecule has 0 aliphatic heterocycles. The quantitative estimate of drug-likeness (QED) is 0.880. The molecule has 4 aliphatic rings. The van der Waals surface area contributed by atoms with Crippen LogP contribution in [-0.4, -0.2) is 11.1 Å². The number of para-hydroxylation sites is 1. The van der Waals surface area contributed by atoms with Crippen molar-refractivity contribution in [1.29, 1.82) is 0 Å². The molecule has 5 rings (SSSR count). The zero-order valence-electron chi connectivity index (χ0n) is 12.3. The highest BCUT2D eigenvalue weighted by Gasteiger charge is 2.47.